The monoisotopic (exact) mass is 337 g/mol. The molecule has 4 heteroatoms. The summed E-state index contributed by atoms with van der Waals surface area (Å²) in [6, 6.07) is 14.7. The van der Waals surface area contributed by atoms with Crippen LogP contribution in [0.5, 0.6) is 0 Å². The minimum atomic E-state index is 0.207. The van der Waals surface area contributed by atoms with E-state index in [1.807, 2.05) is 36.0 Å². The van der Waals surface area contributed by atoms with Crippen molar-refractivity contribution in [3.05, 3.63) is 63.6 Å². The first-order valence-corrected chi connectivity index (χ1v) is 8.82. The van der Waals surface area contributed by atoms with Crippen molar-refractivity contribution in [2.24, 2.45) is 0 Å². The lowest BCUT2D eigenvalue weighted by Gasteiger charge is -2.29. The molecule has 0 amide bonds. The smallest absolute Gasteiger partial charge is 0.0453 e. The maximum absolute atomic E-state index is 6.30. The lowest BCUT2D eigenvalue weighted by Crippen LogP contribution is -2.27. The van der Waals surface area contributed by atoms with E-state index in [-0.39, 0.29) is 6.04 Å². The third-order valence-electron chi connectivity index (χ3n) is 3.83. The van der Waals surface area contributed by atoms with E-state index in [2.05, 4.69) is 30.4 Å². The van der Waals surface area contributed by atoms with E-state index >= 15 is 0 Å². The fourth-order valence-corrected chi connectivity index (χ4v) is 4.34. The van der Waals surface area contributed by atoms with Gasteiger partial charge >= 0.3 is 0 Å². The summed E-state index contributed by atoms with van der Waals surface area (Å²) in [5, 5.41) is 5.32. The zero-order valence-corrected chi connectivity index (χ0v) is 14.1. The Labute approximate surface area is 140 Å². The summed E-state index contributed by atoms with van der Waals surface area (Å²) < 4.78 is 0. The van der Waals surface area contributed by atoms with Crippen molar-refractivity contribution in [1.82, 2.24) is 5.32 Å². The SMILES string of the molecule is CC(NC1CCSc2ccc(Cl)cc21)c1ccccc1Cl. The predicted molar refractivity (Wildman–Crippen MR) is 92.5 cm³/mol. The second-order valence-corrected chi connectivity index (χ2v) is 7.26. The van der Waals surface area contributed by atoms with Gasteiger partial charge in [-0.25, -0.2) is 0 Å². The molecule has 2 unspecified atom stereocenters. The molecule has 0 aliphatic carbocycles. The first-order chi connectivity index (χ1) is 10.1. The van der Waals surface area contributed by atoms with Gasteiger partial charge in [0.05, 0.1) is 0 Å². The van der Waals surface area contributed by atoms with Crippen LogP contribution in [0.15, 0.2) is 47.4 Å². The van der Waals surface area contributed by atoms with Crippen LogP contribution in [0, 0.1) is 0 Å². The van der Waals surface area contributed by atoms with Crippen LogP contribution in [-0.4, -0.2) is 5.75 Å². The molecule has 3 rings (SSSR count). The normalized spacial score (nSPS) is 19.1. The Morgan fingerprint density at radius 3 is 2.81 bits per heavy atom. The molecule has 1 N–H and O–H groups in total. The Hall–Kier alpha value is -0.670. The molecular formula is C17H17Cl2NS. The van der Waals surface area contributed by atoms with Gasteiger partial charge < -0.3 is 5.32 Å². The first kappa shape index (κ1) is 15.2. The molecule has 2 atom stereocenters. The minimum Gasteiger partial charge on any atom is -0.303 e. The molecule has 1 aliphatic rings. The van der Waals surface area contributed by atoms with Gasteiger partial charge in [-0.05, 0) is 54.5 Å². The molecule has 0 saturated carbocycles. The first-order valence-electron chi connectivity index (χ1n) is 7.08. The summed E-state index contributed by atoms with van der Waals surface area (Å²) in [6.07, 6.45) is 1.10. The summed E-state index contributed by atoms with van der Waals surface area (Å²) in [7, 11) is 0. The standard InChI is InChI=1S/C17H17Cl2NS/c1-11(13-4-2-3-5-15(13)19)20-16-8-9-21-17-7-6-12(18)10-14(16)17/h2-7,10-11,16,20H,8-9H2,1H3. The Bertz CT molecular complexity index is 644. The van der Waals surface area contributed by atoms with E-state index < -0.39 is 0 Å². The number of hydrogen-bond donors (Lipinski definition) is 1. The van der Waals surface area contributed by atoms with Crippen LogP contribution in [0.25, 0.3) is 0 Å². The van der Waals surface area contributed by atoms with E-state index in [0.717, 1.165) is 27.8 Å². The Kier molecular flexibility index (Phi) is 4.80. The Balaban J connectivity index is 1.83. The van der Waals surface area contributed by atoms with Crippen molar-refractivity contribution in [2.45, 2.75) is 30.3 Å². The summed E-state index contributed by atoms with van der Waals surface area (Å²) in [5.74, 6) is 1.13. The molecule has 0 radical (unpaired) electrons. The topological polar surface area (TPSA) is 12.0 Å². The van der Waals surface area contributed by atoms with Crippen LogP contribution in [0.3, 0.4) is 0 Å². The van der Waals surface area contributed by atoms with Crippen LogP contribution < -0.4 is 5.32 Å². The Morgan fingerprint density at radius 2 is 2.00 bits per heavy atom. The number of rotatable bonds is 3. The van der Waals surface area contributed by atoms with Gasteiger partial charge in [0.1, 0.15) is 0 Å². The predicted octanol–water partition coefficient (Wildman–Crippen LogP) is 5.88. The fourth-order valence-electron chi connectivity index (χ4n) is 2.76. The molecule has 1 heterocycles. The van der Waals surface area contributed by atoms with E-state index in [0.29, 0.717) is 6.04 Å². The molecule has 2 aromatic rings. The molecular weight excluding hydrogens is 321 g/mol. The van der Waals surface area contributed by atoms with E-state index in [1.165, 1.54) is 10.5 Å². The van der Waals surface area contributed by atoms with Crippen molar-refractivity contribution >= 4 is 35.0 Å². The number of fused-ring (bicyclic) bond motifs is 1. The highest BCUT2D eigenvalue weighted by Gasteiger charge is 2.23. The third-order valence-corrected chi connectivity index (χ3v) is 5.54. The number of benzene rings is 2. The van der Waals surface area contributed by atoms with Crippen molar-refractivity contribution in [3.8, 4) is 0 Å². The Morgan fingerprint density at radius 1 is 1.19 bits per heavy atom. The molecule has 2 aromatic carbocycles. The fraction of sp³-hybridized carbons (Fsp3) is 0.294. The lowest BCUT2D eigenvalue weighted by molar-refractivity contribution is 0.450. The van der Waals surface area contributed by atoms with Crippen LogP contribution >= 0.6 is 35.0 Å². The molecule has 110 valence electrons. The van der Waals surface area contributed by atoms with Gasteiger partial charge in [0.2, 0.25) is 0 Å². The van der Waals surface area contributed by atoms with Gasteiger partial charge in [0, 0.05) is 27.0 Å². The third kappa shape index (κ3) is 3.40. The molecule has 0 fully saturated rings. The van der Waals surface area contributed by atoms with Gasteiger partial charge in [-0.15, -0.1) is 11.8 Å². The van der Waals surface area contributed by atoms with Gasteiger partial charge in [0.25, 0.3) is 0 Å². The van der Waals surface area contributed by atoms with E-state index in [9.17, 15) is 0 Å². The number of thioether (sulfide) groups is 1. The number of hydrogen-bond acceptors (Lipinski definition) is 2. The molecule has 1 aliphatic heterocycles. The van der Waals surface area contributed by atoms with Crippen molar-refractivity contribution in [2.75, 3.05) is 5.75 Å². The lowest BCUT2D eigenvalue weighted by atomic mass is 10.0. The molecule has 21 heavy (non-hydrogen) atoms. The van der Waals surface area contributed by atoms with Gasteiger partial charge in [-0.3, -0.25) is 0 Å². The van der Waals surface area contributed by atoms with Crippen LogP contribution in [0.1, 0.15) is 36.6 Å². The average molecular weight is 338 g/mol. The summed E-state index contributed by atoms with van der Waals surface area (Å²) in [5.41, 5.74) is 2.44. The average Bonchev–Trinajstić information content (AvgIpc) is 2.48. The van der Waals surface area contributed by atoms with Gasteiger partial charge in [-0.2, -0.15) is 0 Å². The zero-order valence-electron chi connectivity index (χ0n) is 11.8. The van der Waals surface area contributed by atoms with Crippen LogP contribution in [0.2, 0.25) is 10.0 Å². The van der Waals surface area contributed by atoms with Crippen molar-refractivity contribution < 1.29 is 0 Å². The highest BCUT2D eigenvalue weighted by atomic mass is 35.5. The van der Waals surface area contributed by atoms with E-state index in [4.69, 9.17) is 23.2 Å². The molecule has 1 nitrogen and oxygen atoms in total. The summed E-state index contributed by atoms with van der Waals surface area (Å²) in [4.78, 5) is 1.33. The molecule has 0 saturated heterocycles. The number of nitrogens with one attached hydrogen (secondary N) is 1. The summed E-state index contributed by atoms with van der Waals surface area (Å²) in [6.45, 7) is 2.16. The second kappa shape index (κ2) is 6.62. The van der Waals surface area contributed by atoms with Crippen molar-refractivity contribution in [1.29, 1.82) is 0 Å². The molecule has 0 aromatic heterocycles. The maximum atomic E-state index is 6.30. The molecule has 0 bridgehead atoms. The van der Waals surface area contributed by atoms with Crippen LogP contribution in [0.4, 0.5) is 0 Å². The quantitative estimate of drug-likeness (QED) is 0.750. The van der Waals surface area contributed by atoms with Gasteiger partial charge in [-0.1, -0.05) is 41.4 Å². The largest absolute Gasteiger partial charge is 0.303 e. The number of halogens is 2. The highest BCUT2D eigenvalue weighted by molar-refractivity contribution is 7.99. The second-order valence-electron chi connectivity index (χ2n) is 5.28. The zero-order chi connectivity index (χ0) is 14.8. The minimum absolute atomic E-state index is 0.207. The van der Waals surface area contributed by atoms with E-state index in [1.54, 1.807) is 0 Å². The van der Waals surface area contributed by atoms with Gasteiger partial charge in [0.15, 0.2) is 0 Å². The highest BCUT2D eigenvalue weighted by Crippen LogP contribution is 2.39. The van der Waals surface area contributed by atoms with Crippen LogP contribution in [-0.2, 0) is 0 Å². The van der Waals surface area contributed by atoms with Crippen molar-refractivity contribution in [3.63, 3.8) is 0 Å². The summed E-state index contributed by atoms with van der Waals surface area (Å²) >= 11 is 14.4. The maximum Gasteiger partial charge on any atom is 0.0453 e. The molecule has 0 spiro atoms.